The molecule has 0 saturated carbocycles. The van der Waals surface area contributed by atoms with Crippen molar-refractivity contribution in [3.05, 3.63) is 65.7 Å². The number of ether oxygens (including phenoxy) is 1. The first-order valence-electron chi connectivity index (χ1n) is 7.11. The van der Waals surface area contributed by atoms with E-state index in [1.807, 2.05) is 0 Å². The fourth-order valence-corrected chi connectivity index (χ4v) is 2.61. The Hall–Kier alpha value is -2.20. The zero-order valence-corrected chi connectivity index (χ0v) is 13.7. The summed E-state index contributed by atoms with van der Waals surface area (Å²) < 4.78 is 102. The molecule has 0 aromatic heterocycles. The second kappa shape index (κ2) is 7.20. The molecule has 0 aliphatic heterocycles. The lowest BCUT2D eigenvalue weighted by Crippen LogP contribution is -2.53. The minimum absolute atomic E-state index is 0.0529. The highest BCUT2D eigenvalue weighted by Gasteiger charge is 2.62. The van der Waals surface area contributed by atoms with Crippen molar-refractivity contribution in [1.29, 1.82) is 0 Å². The van der Waals surface area contributed by atoms with E-state index < -0.39 is 33.4 Å². The van der Waals surface area contributed by atoms with Crippen molar-refractivity contribution in [1.82, 2.24) is 0 Å². The van der Waals surface area contributed by atoms with Gasteiger partial charge in [-0.15, -0.1) is 0 Å². The summed E-state index contributed by atoms with van der Waals surface area (Å²) in [7, 11) is -6.60. The van der Waals surface area contributed by atoms with Crippen molar-refractivity contribution in [3.8, 4) is 5.75 Å². The molecular weight excluding hydrogens is 383 g/mol. The molecule has 4 nitrogen and oxygen atoms in total. The molecule has 0 aliphatic carbocycles. The van der Waals surface area contributed by atoms with Gasteiger partial charge in [-0.2, -0.15) is 22.0 Å². The van der Waals surface area contributed by atoms with Crippen molar-refractivity contribution in [2.24, 2.45) is 0 Å². The summed E-state index contributed by atoms with van der Waals surface area (Å²) in [6.07, 6.45) is -9.87. The van der Waals surface area contributed by atoms with Gasteiger partial charge in [0.2, 0.25) is 0 Å². The van der Waals surface area contributed by atoms with E-state index in [1.165, 1.54) is 18.2 Å². The molecule has 0 amide bonds. The molecule has 0 heterocycles. The first-order valence-corrected chi connectivity index (χ1v) is 8.52. The van der Waals surface area contributed by atoms with E-state index in [9.17, 15) is 34.9 Å². The van der Waals surface area contributed by atoms with Gasteiger partial charge in [0, 0.05) is 6.42 Å². The van der Waals surface area contributed by atoms with Crippen LogP contribution in [0, 0.1) is 0 Å². The maximum absolute atomic E-state index is 13.6. The lowest BCUT2D eigenvalue weighted by Gasteiger charge is -2.31. The van der Waals surface area contributed by atoms with Crippen LogP contribution in [-0.2, 0) is 16.5 Å². The minimum atomic E-state index is -6.60. The fourth-order valence-electron chi connectivity index (χ4n) is 2.16. The van der Waals surface area contributed by atoms with Crippen molar-refractivity contribution >= 4 is 10.1 Å². The van der Waals surface area contributed by atoms with Crippen LogP contribution in [0.2, 0.25) is 0 Å². The average molecular weight is 395 g/mol. The maximum atomic E-state index is 13.6. The highest BCUT2D eigenvalue weighted by Crippen LogP contribution is 2.39. The molecule has 0 bridgehead atoms. The third-order valence-corrected chi connectivity index (χ3v) is 4.27. The van der Waals surface area contributed by atoms with Gasteiger partial charge >= 0.3 is 11.4 Å². The predicted molar refractivity (Wildman–Crippen MR) is 80.8 cm³/mol. The van der Waals surface area contributed by atoms with Gasteiger partial charge in [-0.3, -0.25) is 0 Å². The standard InChI is InChI=1S/C16H13F5O4S/c17-15(18,19)14(16(20,21)26(22,23)24)25-13-9-5-4-8-12(13)10-11-6-2-1-3-7-11/h1-9,14H,10H2,(H,22,23,24)/p-1. The third-order valence-electron chi connectivity index (χ3n) is 3.39. The van der Waals surface area contributed by atoms with Crippen molar-refractivity contribution in [2.75, 3.05) is 0 Å². The number of benzene rings is 2. The SMILES string of the molecule is O=S(=O)([O-])C(F)(F)C(Oc1ccccc1Cc1ccccc1)C(F)(F)F. The highest BCUT2D eigenvalue weighted by atomic mass is 32.2. The molecule has 0 aliphatic rings. The third kappa shape index (κ3) is 4.50. The molecule has 2 aromatic rings. The average Bonchev–Trinajstić information content (AvgIpc) is 2.52. The van der Waals surface area contributed by atoms with Crippen molar-refractivity contribution < 1.29 is 39.7 Å². The van der Waals surface area contributed by atoms with E-state index >= 15 is 0 Å². The van der Waals surface area contributed by atoms with Gasteiger partial charge in [0.15, 0.2) is 10.1 Å². The van der Waals surface area contributed by atoms with Crippen molar-refractivity contribution in [2.45, 2.75) is 24.0 Å². The summed E-state index contributed by atoms with van der Waals surface area (Å²) in [6, 6.07) is 13.4. The first kappa shape index (κ1) is 20.1. The molecule has 0 radical (unpaired) electrons. The predicted octanol–water partition coefficient (Wildman–Crippen LogP) is 3.73. The van der Waals surface area contributed by atoms with Crippen LogP contribution < -0.4 is 4.74 Å². The molecule has 10 heteroatoms. The lowest BCUT2D eigenvalue weighted by atomic mass is 10.0. The largest absolute Gasteiger partial charge is 0.743 e. The monoisotopic (exact) mass is 395 g/mol. The Morgan fingerprint density at radius 3 is 2.00 bits per heavy atom. The molecule has 1 atom stereocenters. The zero-order chi connectivity index (χ0) is 19.6. The number of rotatable bonds is 6. The number of halogens is 5. The topological polar surface area (TPSA) is 66.4 Å². The molecule has 2 aromatic carbocycles. The van der Waals surface area contributed by atoms with E-state index in [0.29, 0.717) is 5.56 Å². The molecular formula is C16H12F5O4S-. The number of hydrogen-bond acceptors (Lipinski definition) is 4. The molecule has 26 heavy (non-hydrogen) atoms. The highest BCUT2D eigenvalue weighted by molar-refractivity contribution is 7.86. The van der Waals surface area contributed by atoms with E-state index in [1.54, 1.807) is 30.3 Å². The molecule has 1 unspecified atom stereocenters. The summed E-state index contributed by atoms with van der Waals surface area (Å²) in [5.74, 6) is -0.595. The van der Waals surface area contributed by atoms with Gasteiger partial charge in [0.05, 0.1) is 0 Å². The van der Waals surface area contributed by atoms with Gasteiger partial charge in [-0.25, -0.2) is 8.42 Å². The molecule has 0 N–H and O–H groups in total. The van der Waals surface area contributed by atoms with Crippen LogP contribution in [0.25, 0.3) is 0 Å². The Morgan fingerprint density at radius 2 is 1.46 bits per heavy atom. The molecule has 0 spiro atoms. The number of para-hydroxylation sites is 1. The van der Waals surface area contributed by atoms with E-state index in [4.69, 9.17) is 0 Å². The van der Waals surface area contributed by atoms with Crippen LogP contribution >= 0.6 is 0 Å². The molecule has 0 fully saturated rings. The molecule has 0 saturated heterocycles. The van der Waals surface area contributed by atoms with Gasteiger partial charge < -0.3 is 9.29 Å². The van der Waals surface area contributed by atoms with Crippen LogP contribution in [-0.4, -0.2) is 30.5 Å². The van der Waals surface area contributed by atoms with E-state index in [0.717, 1.165) is 6.07 Å². The second-order valence-electron chi connectivity index (χ2n) is 5.33. The Balaban J connectivity index is 2.41. The summed E-state index contributed by atoms with van der Waals surface area (Å²) in [4.78, 5) is 0. The van der Waals surface area contributed by atoms with Gasteiger partial charge in [-0.1, -0.05) is 48.5 Å². The second-order valence-corrected chi connectivity index (χ2v) is 6.78. The fraction of sp³-hybridized carbons (Fsp3) is 0.250. The smallest absolute Gasteiger partial charge is 0.432 e. The molecule has 2 rings (SSSR count). The van der Waals surface area contributed by atoms with E-state index in [-0.39, 0.29) is 12.0 Å². The Kier molecular flexibility index (Phi) is 5.57. The lowest BCUT2D eigenvalue weighted by molar-refractivity contribution is -0.239. The summed E-state index contributed by atoms with van der Waals surface area (Å²) in [5, 5.41) is -5.69. The van der Waals surface area contributed by atoms with Crippen molar-refractivity contribution in [3.63, 3.8) is 0 Å². The Bertz CT molecular complexity index is 850. The zero-order valence-electron chi connectivity index (χ0n) is 12.9. The first-order chi connectivity index (χ1) is 11.9. The Labute approximate surface area is 146 Å². The quantitative estimate of drug-likeness (QED) is 0.552. The maximum Gasteiger partial charge on any atom is 0.432 e. The van der Waals surface area contributed by atoms with Gasteiger partial charge in [-0.05, 0) is 17.2 Å². The minimum Gasteiger partial charge on any atom is -0.743 e. The molecule has 142 valence electrons. The van der Waals surface area contributed by atoms with Crippen LogP contribution in [0.4, 0.5) is 22.0 Å². The number of hydrogen-bond donors (Lipinski definition) is 0. The normalized spacial score (nSPS) is 14.1. The van der Waals surface area contributed by atoms with Crippen LogP contribution in [0.15, 0.2) is 54.6 Å². The number of alkyl halides is 5. The summed E-state index contributed by atoms with van der Waals surface area (Å²) in [5.41, 5.74) is 0.780. The van der Waals surface area contributed by atoms with Crippen LogP contribution in [0.5, 0.6) is 5.75 Å². The van der Waals surface area contributed by atoms with E-state index in [2.05, 4.69) is 4.74 Å². The summed E-state index contributed by atoms with van der Waals surface area (Å²) in [6.45, 7) is 0. The summed E-state index contributed by atoms with van der Waals surface area (Å²) >= 11 is 0. The van der Waals surface area contributed by atoms with Crippen LogP contribution in [0.3, 0.4) is 0 Å². The van der Waals surface area contributed by atoms with Gasteiger partial charge in [0.1, 0.15) is 5.75 Å². The van der Waals surface area contributed by atoms with Gasteiger partial charge in [0.25, 0.3) is 6.10 Å². The van der Waals surface area contributed by atoms with Crippen LogP contribution in [0.1, 0.15) is 11.1 Å². The Morgan fingerprint density at radius 1 is 0.923 bits per heavy atom.